The molecular weight excluding hydrogens is 683 g/mol. The summed E-state index contributed by atoms with van der Waals surface area (Å²) in [4.78, 5) is 39.4. The van der Waals surface area contributed by atoms with Crippen LogP contribution in [0.4, 0.5) is 0 Å². The summed E-state index contributed by atoms with van der Waals surface area (Å²) in [5, 5.41) is 5.41. The fraction of sp³-hybridized carbons (Fsp3) is 0.241. The molecule has 1 amide bonds. The lowest BCUT2D eigenvalue weighted by Crippen LogP contribution is -2.47. The minimum Gasteiger partial charge on any atom is -0.458 e. The summed E-state index contributed by atoms with van der Waals surface area (Å²) < 4.78 is 10.4. The number of aromatic nitrogens is 2. The van der Waals surface area contributed by atoms with Crippen LogP contribution in [0.5, 0.6) is 0 Å². The number of benzene rings is 2. The summed E-state index contributed by atoms with van der Waals surface area (Å²) in [7, 11) is 0. The van der Waals surface area contributed by atoms with Gasteiger partial charge in [-0.25, -0.2) is 4.79 Å². The van der Waals surface area contributed by atoms with Gasteiger partial charge in [0.15, 0.2) is 5.76 Å². The van der Waals surface area contributed by atoms with E-state index in [-0.39, 0.29) is 37.6 Å². The van der Waals surface area contributed by atoms with Crippen LogP contribution in [-0.2, 0) is 19.7 Å². The van der Waals surface area contributed by atoms with Crippen LogP contribution in [0.3, 0.4) is 0 Å². The first kappa shape index (κ1) is 31.7. The minimum atomic E-state index is -1.75. The van der Waals surface area contributed by atoms with Gasteiger partial charge in [0.1, 0.15) is 23.3 Å². The number of nitrogens with two attached hydrogens (primary N) is 1. The van der Waals surface area contributed by atoms with Crippen molar-refractivity contribution in [1.29, 1.82) is 0 Å². The van der Waals surface area contributed by atoms with Gasteiger partial charge in [-0.05, 0) is 55.2 Å². The molecule has 0 unspecified atom stereocenters. The fourth-order valence-electron chi connectivity index (χ4n) is 5.17. The number of halogens is 6. The van der Waals surface area contributed by atoms with Gasteiger partial charge in [0.05, 0.1) is 15.6 Å². The summed E-state index contributed by atoms with van der Waals surface area (Å²) in [6.45, 7) is 1.39. The molecule has 0 atom stereocenters. The Kier molecular flexibility index (Phi) is 8.84. The first-order chi connectivity index (χ1) is 20.2. The third-order valence-corrected chi connectivity index (χ3v) is 8.45. The van der Waals surface area contributed by atoms with E-state index in [9.17, 15) is 14.4 Å². The molecule has 1 saturated carbocycles. The highest BCUT2D eigenvalue weighted by Gasteiger charge is 2.51. The summed E-state index contributed by atoms with van der Waals surface area (Å²) in [5.74, 6) is -1.86. The number of carbonyl (C=O) groups excluding carboxylic acids is 3. The number of carbonyl (C=O) groups is 3. The number of fused-ring (bicyclic) bond motifs is 1. The van der Waals surface area contributed by atoms with Crippen LogP contribution < -0.4 is 5.73 Å². The van der Waals surface area contributed by atoms with Crippen molar-refractivity contribution in [1.82, 2.24) is 9.72 Å². The molecule has 4 aromatic rings. The van der Waals surface area contributed by atoms with Crippen molar-refractivity contribution in [2.75, 3.05) is 6.61 Å². The number of amides is 1. The van der Waals surface area contributed by atoms with Gasteiger partial charge in [-0.1, -0.05) is 93.3 Å². The minimum absolute atomic E-state index is 0.00208. The van der Waals surface area contributed by atoms with Crippen molar-refractivity contribution in [3.8, 4) is 11.3 Å². The molecular formula is C29H21Cl6N3O5. The average Bonchev–Trinajstić information content (AvgIpc) is 3.46. The molecule has 2 heterocycles. The molecule has 2 aromatic carbocycles. The molecule has 1 aliphatic carbocycles. The van der Waals surface area contributed by atoms with E-state index in [1.165, 1.54) is 28.9 Å². The van der Waals surface area contributed by atoms with E-state index in [4.69, 9.17) is 84.6 Å². The molecule has 0 saturated heterocycles. The molecule has 224 valence electrons. The zero-order valence-electron chi connectivity index (χ0n) is 22.2. The second-order valence-corrected chi connectivity index (χ2v) is 13.8. The Morgan fingerprint density at radius 1 is 1.14 bits per heavy atom. The summed E-state index contributed by atoms with van der Waals surface area (Å²) in [6, 6.07) is 8.15. The van der Waals surface area contributed by atoms with Crippen molar-refractivity contribution in [2.24, 2.45) is 5.73 Å². The number of esters is 1. The molecule has 8 nitrogen and oxygen atoms in total. The number of alkyl halides is 3. The second-order valence-electron chi connectivity index (χ2n) is 10.1. The second kappa shape index (κ2) is 12.0. The van der Waals surface area contributed by atoms with E-state index >= 15 is 0 Å². The van der Waals surface area contributed by atoms with E-state index in [1.54, 1.807) is 24.4 Å². The highest BCUT2D eigenvalue weighted by Crippen LogP contribution is 2.48. The Morgan fingerprint density at radius 2 is 1.81 bits per heavy atom. The number of hydrogen-bond acceptors (Lipinski definition) is 6. The topological polar surface area (TPSA) is 117 Å². The van der Waals surface area contributed by atoms with Crippen LogP contribution in [0.25, 0.3) is 28.2 Å². The largest absolute Gasteiger partial charge is 0.458 e. The van der Waals surface area contributed by atoms with Crippen molar-refractivity contribution < 1.29 is 23.6 Å². The highest BCUT2D eigenvalue weighted by molar-refractivity contribution is 6.67. The number of aryl methyl sites for hydroxylation is 1. The Bertz CT molecular complexity index is 1790. The first-order valence-corrected chi connectivity index (χ1v) is 15.0. The average molecular weight is 704 g/mol. The molecule has 5 rings (SSSR count). The summed E-state index contributed by atoms with van der Waals surface area (Å²) >= 11 is 36.1. The van der Waals surface area contributed by atoms with Gasteiger partial charge in [-0.15, -0.1) is 0 Å². The Morgan fingerprint density at radius 3 is 2.40 bits per heavy atom. The van der Waals surface area contributed by atoms with Gasteiger partial charge in [-0.2, -0.15) is 0 Å². The van der Waals surface area contributed by atoms with Gasteiger partial charge in [0, 0.05) is 28.2 Å². The van der Waals surface area contributed by atoms with Gasteiger partial charge in [-0.3, -0.25) is 14.2 Å². The zero-order chi connectivity index (χ0) is 31.3. The van der Waals surface area contributed by atoms with E-state index in [0.29, 0.717) is 41.3 Å². The monoisotopic (exact) mass is 701 g/mol. The number of rotatable bonds is 7. The molecule has 1 fully saturated rings. The molecule has 1 aliphatic rings. The third kappa shape index (κ3) is 6.01. The quantitative estimate of drug-likeness (QED) is 0.118. The Balaban J connectivity index is 1.64. The van der Waals surface area contributed by atoms with Crippen molar-refractivity contribution in [3.63, 3.8) is 0 Å². The van der Waals surface area contributed by atoms with E-state index in [0.717, 1.165) is 0 Å². The lowest BCUT2D eigenvalue weighted by atomic mass is 9.65. The summed E-state index contributed by atoms with van der Waals surface area (Å²) in [5.41, 5.74) is 6.72. The van der Waals surface area contributed by atoms with Gasteiger partial charge in [0.25, 0.3) is 5.91 Å². The molecule has 43 heavy (non-hydrogen) atoms. The molecule has 14 heteroatoms. The van der Waals surface area contributed by atoms with Gasteiger partial charge >= 0.3 is 5.97 Å². The van der Waals surface area contributed by atoms with Crippen LogP contribution in [0.2, 0.25) is 15.1 Å². The zero-order valence-corrected chi connectivity index (χ0v) is 26.8. The van der Waals surface area contributed by atoms with Crippen LogP contribution in [-0.4, -0.2) is 37.9 Å². The molecule has 0 spiro atoms. The third-order valence-electron chi connectivity index (χ3n) is 7.31. The number of ether oxygens (including phenoxy) is 1. The maximum Gasteiger partial charge on any atom is 0.330 e. The maximum atomic E-state index is 14.5. The maximum absolute atomic E-state index is 14.5. The van der Waals surface area contributed by atoms with E-state index < -0.39 is 33.6 Å². The fourth-order valence-corrected chi connectivity index (χ4v) is 6.33. The van der Waals surface area contributed by atoms with Crippen LogP contribution >= 0.6 is 69.6 Å². The van der Waals surface area contributed by atoms with Gasteiger partial charge < -0.3 is 15.0 Å². The predicted molar refractivity (Wildman–Crippen MR) is 168 cm³/mol. The van der Waals surface area contributed by atoms with E-state index in [2.05, 4.69) is 5.16 Å². The van der Waals surface area contributed by atoms with Crippen LogP contribution in [0.1, 0.15) is 46.5 Å². The van der Waals surface area contributed by atoms with Gasteiger partial charge in [0.2, 0.25) is 9.70 Å². The van der Waals surface area contributed by atoms with Crippen molar-refractivity contribution in [2.45, 2.75) is 35.4 Å². The lowest BCUT2D eigenvalue weighted by Gasteiger charge is -2.36. The highest BCUT2D eigenvalue weighted by atomic mass is 35.6. The first-order valence-electron chi connectivity index (χ1n) is 12.8. The van der Waals surface area contributed by atoms with E-state index in [1.807, 2.05) is 6.92 Å². The molecule has 0 aliphatic heterocycles. The SMILES string of the molecule is Cc1cn(C(=O)c2c(-c3c(Cl)cc(Cl)cc3Cl)noc2C2(C(N)=O)CCC2)c2cccc(/C=C/C(=O)OCC(Cl)(Cl)Cl)c12. The predicted octanol–water partition coefficient (Wildman–Crippen LogP) is 8.09. The number of nitrogens with zero attached hydrogens (tertiary/aromatic N) is 2. The lowest BCUT2D eigenvalue weighted by molar-refractivity contribution is -0.137. The Hall–Kier alpha value is -2.72. The molecule has 2 N–H and O–H groups in total. The summed E-state index contributed by atoms with van der Waals surface area (Å²) in [6.07, 6.45) is 5.83. The molecule has 0 bridgehead atoms. The van der Waals surface area contributed by atoms with Crippen molar-refractivity contribution in [3.05, 3.63) is 80.1 Å². The standard InChI is InChI=1S/C29H21Cl6N3O5/c1-14-12-38(19-5-2-4-15(21(14)19)6-7-20(39)42-13-29(33,34)35)26(40)23-24(22-17(31)10-16(30)11-18(22)32)37-43-25(23)28(27(36)41)8-3-9-28/h2,4-7,10-12H,3,8-9,13H2,1H3,(H2,36,41)/b7-6+. The smallest absolute Gasteiger partial charge is 0.330 e. The molecule has 2 aromatic heterocycles. The van der Waals surface area contributed by atoms with Crippen LogP contribution in [0, 0.1) is 6.92 Å². The number of primary amides is 1. The Labute approximate surface area is 275 Å². The normalized spacial score (nSPS) is 14.7. The van der Waals surface area contributed by atoms with Crippen molar-refractivity contribution >= 4 is 104 Å². The number of hydrogen-bond donors (Lipinski definition) is 1. The van der Waals surface area contributed by atoms with Crippen LogP contribution in [0.15, 0.2) is 47.1 Å². The molecule has 0 radical (unpaired) electrons.